The van der Waals surface area contributed by atoms with E-state index in [-0.39, 0.29) is 29.1 Å². The fourth-order valence-corrected chi connectivity index (χ4v) is 5.17. The van der Waals surface area contributed by atoms with Gasteiger partial charge in [0.15, 0.2) is 0 Å². The lowest BCUT2D eigenvalue weighted by Gasteiger charge is -2.36. The molecule has 170 valence electrons. The van der Waals surface area contributed by atoms with Crippen LogP contribution in [0.5, 0.6) is 0 Å². The normalized spacial score (nSPS) is 19.5. The molecule has 1 unspecified atom stereocenters. The fourth-order valence-electron chi connectivity index (χ4n) is 3.92. The number of ether oxygens (including phenoxy) is 1. The average Bonchev–Trinajstić information content (AvgIpc) is 2.76. The van der Waals surface area contributed by atoms with E-state index in [0.717, 1.165) is 18.5 Å². The van der Waals surface area contributed by atoms with E-state index in [4.69, 9.17) is 4.74 Å². The van der Waals surface area contributed by atoms with Crippen LogP contribution in [0.4, 0.5) is 10.1 Å². The molecule has 0 amide bonds. The van der Waals surface area contributed by atoms with Crippen molar-refractivity contribution in [3.05, 3.63) is 66.2 Å². The van der Waals surface area contributed by atoms with Crippen LogP contribution in [-0.4, -0.2) is 43.8 Å². The van der Waals surface area contributed by atoms with E-state index < -0.39 is 21.9 Å². The predicted octanol–water partition coefficient (Wildman–Crippen LogP) is 3.37. The highest BCUT2D eigenvalue weighted by atomic mass is 32.2. The standard InChI is InChI=1S/C23H26FN3O4S/c1-2-31-16-11-15(12-16)27-21-7-8-23(17-9-10-25-13-19(17)21)32(29,30)26-14-22(28)18-5-3-4-6-20(18)24/h3-10,13,15-16,22,26-28H,2,11-12,14H2,1H3. The summed E-state index contributed by atoms with van der Waals surface area (Å²) in [6.07, 6.45) is 3.90. The maximum Gasteiger partial charge on any atom is 0.241 e. The van der Waals surface area contributed by atoms with Gasteiger partial charge in [0.25, 0.3) is 0 Å². The zero-order valence-corrected chi connectivity index (χ0v) is 18.5. The van der Waals surface area contributed by atoms with Crippen LogP contribution in [0, 0.1) is 5.82 Å². The zero-order valence-electron chi connectivity index (χ0n) is 17.7. The first-order chi connectivity index (χ1) is 15.4. The minimum absolute atomic E-state index is 0.0367. The van der Waals surface area contributed by atoms with Gasteiger partial charge in [-0.3, -0.25) is 4.98 Å². The van der Waals surface area contributed by atoms with Crippen molar-refractivity contribution in [2.24, 2.45) is 0 Å². The lowest BCUT2D eigenvalue weighted by molar-refractivity contribution is 0.00301. The summed E-state index contributed by atoms with van der Waals surface area (Å²) < 4.78 is 47.9. The summed E-state index contributed by atoms with van der Waals surface area (Å²) >= 11 is 0. The molecule has 0 bridgehead atoms. The van der Waals surface area contributed by atoms with Crippen LogP contribution in [0.3, 0.4) is 0 Å². The molecule has 1 fully saturated rings. The maximum absolute atomic E-state index is 13.9. The van der Waals surface area contributed by atoms with Gasteiger partial charge in [-0.1, -0.05) is 18.2 Å². The highest BCUT2D eigenvalue weighted by Crippen LogP contribution is 2.33. The lowest BCUT2D eigenvalue weighted by Crippen LogP contribution is -2.40. The highest BCUT2D eigenvalue weighted by Gasteiger charge is 2.30. The minimum Gasteiger partial charge on any atom is -0.387 e. The fraction of sp³-hybridized carbons (Fsp3) is 0.348. The third-order valence-electron chi connectivity index (χ3n) is 5.66. The number of hydrogen-bond donors (Lipinski definition) is 3. The van der Waals surface area contributed by atoms with Gasteiger partial charge < -0.3 is 15.2 Å². The van der Waals surface area contributed by atoms with Gasteiger partial charge in [0.2, 0.25) is 10.0 Å². The first-order valence-electron chi connectivity index (χ1n) is 10.6. The molecule has 0 saturated heterocycles. The minimum atomic E-state index is -3.96. The smallest absolute Gasteiger partial charge is 0.241 e. The van der Waals surface area contributed by atoms with Gasteiger partial charge in [0.1, 0.15) is 5.82 Å². The molecule has 1 atom stereocenters. The summed E-state index contributed by atoms with van der Waals surface area (Å²) in [6.45, 7) is 2.31. The quantitative estimate of drug-likeness (QED) is 0.454. The number of halogens is 1. The van der Waals surface area contributed by atoms with Gasteiger partial charge in [-0.05, 0) is 44.0 Å². The van der Waals surface area contributed by atoms with Gasteiger partial charge in [-0.25, -0.2) is 17.5 Å². The Balaban J connectivity index is 1.53. The van der Waals surface area contributed by atoms with Crippen LogP contribution in [0.15, 0.2) is 59.8 Å². The van der Waals surface area contributed by atoms with Gasteiger partial charge in [-0.15, -0.1) is 0 Å². The molecular formula is C23H26FN3O4S. The number of anilines is 1. The first kappa shape index (κ1) is 22.6. The lowest BCUT2D eigenvalue weighted by atomic mass is 9.89. The van der Waals surface area contributed by atoms with Crippen LogP contribution in [0.1, 0.15) is 31.4 Å². The van der Waals surface area contributed by atoms with Crippen LogP contribution in [0.2, 0.25) is 0 Å². The molecule has 3 N–H and O–H groups in total. The third kappa shape index (κ3) is 4.75. The van der Waals surface area contributed by atoms with Crippen LogP contribution >= 0.6 is 0 Å². The second-order valence-corrected chi connectivity index (χ2v) is 9.55. The average molecular weight is 460 g/mol. The van der Waals surface area contributed by atoms with E-state index in [0.29, 0.717) is 17.4 Å². The summed E-state index contributed by atoms with van der Waals surface area (Å²) in [6, 6.07) is 10.9. The van der Waals surface area contributed by atoms with E-state index in [1.807, 2.05) is 6.92 Å². The third-order valence-corrected chi connectivity index (χ3v) is 7.14. The number of hydrogen-bond acceptors (Lipinski definition) is 6. The number of aromatic nitrogens is 1. The summed E-state index contributed by atoms with van der Waals surface area (Å²) in [4.78, 5) is 4.23. The maximum atomic E-state index is 13.9. The van der Waals surface area contributed by atoms with Crippen LogP contribution < -0.4 is 10.0 Å². The number of nitrogens with one attached hydrogen (secondary N) is 2. The molecule has 7 nitrogen and oxygen atoms in total. The molecule has 9 heteroatoms. The van der Waals surface area contributed by atoms with E-state index in [2.05, 4.69) is 15.0 Å². The van der Waals surface area contributed by atoms with Crippen molar-refractivity contribution in [3.8, 4) is 0 Å². The Bertz CT molecular complexity index is 1200. The molecule has 32 heavy (non-hydrogen) atoms. The predicted molar refractivity (Wildman–Crippen MR) is 120 cm³/mol. The van der Waals surface area contributed by atoms with Crippen molar-refractivity contribution >= 4 is 26.5 Å². The molecular weight excluding hydrogens is 433 g/mol. The number of nitrogens with zero attached hydrogens (tertiary/aromatic N) is 1. The Morgan fingerprint density at radius 1 is 1.19 bits per heavy atom. The number of aliphatic hydroxyl groups excluding tert-OH is 1. The summed E-state index contributed by atoms with van der Waals surface area (Å²) in [5.74, 6) is -0.589. The van der Waals surface area contributed by atoms with Crippen LogP contribution in [0.25, 0.3) is 10.8 Å². The highest BCUT2D eigenvalue weighted by molar-refractivity contribution is 7.89. The largest absolute Gasteiger partial charge is 0.387 e. The van der Waals surface area contributed by atoms with Gasteiger partial charge in [0.05, 0.1) is 17.1 Å². The number of aliphatic hydroxyl groups is 1. The number of pyridine rings is 1. The number of benzene rings is 2. The van der Waals surface area contributed by atoms with Crippen molar-refractivity contribution in [1.82, 2.24) is 9.71 Å². The van der Waals surface area contributed by atoms with Crippen molar-refractivity contribution in [2.45, 2.75) is 42.9 Å². The monoisotopic (exact) mass is 459 g/mol. The van der Waals surface area contributed by atoms with Crippen molar-refractivity contribution in [2.75, 3.05) is 18.5 Å². The van der Waals surface area contributed by atoms with E-state index >= 15 is 0 Å². The molecule has 1 aliphatic rings. The first-order valence-corrected chi connectivity index (χ1v) is 12.0. The summed E-state index contributed by atoms with van der Waals surface area (Å²) in [7, 11) is -3.96. The molecule has 1 heterocycles. The van der Waals surface area contributed by atoms with Crippen molar-refractivity contribution < 1.29 is 22.7 Å². The Hall–Kier alpha value is -2.59. The molecule has 0 aliphatic heterocycles. The summed E-state index contributed by atoms with van der Waals surface area (Å²) in [5.41, 5.74) is 0.841. The SMILES string of the molecule is CCOC1CC(Nc2ccc(S(=O)(=O)NCC(O)c3ccccc3F)c3ccncc23)C1. The van der Waals surface area contributed by atoms with Gasteiger partial charge >= 0.3 is 0 Å². The Morgan fingerprint density at radius 2 is 1.97 bits per heavy atom. The molecule has 1 aromatic heterocycles. The molecule has 3 aromatic rings. The van der Waals surface area contributed by atoms with Crippen LogP contribution in [-0.2, 0) is 14.8 Å². The second-order valence-electron chi connectivity index (χ2n) is 7.81. The van der Waals surface area contributed by atoms with Gasteiger partial charge in [0, 0.05) is 53.6 Å². The Labute approximate surface area is 186 Å². The number of sulfonamides is 1. The molecule has 1 aliphatic carbocycles. The molecule has 2 aromatic carbocycles. The van der Waals surface area contributed by atoms with Crippen molar-refractivity contribution in [3.63, 3.8) is 0 Å². The Kier molecular flexibility index (Phi) is 6.71. The molecule has 1 saturated carbocycles. The molecule has 4 rings (SSSR count). The topological polar surface area (TPSA) is 101 Å². The van der Waals surface area contributed by atoms with E-state index in [9.17, 15) is 17.9 Å². The second kappa shape index (κ2) is 9.50. The Morgan fingerprint density at radius 3 is 2.72 bits per heavy atom. The summed E-state index contributed by atoms with van der Waals surface area (Å²) in [5, 5.41) is 14.9. The number of rotatable bonds is 9. The molecule has 0 spiro atoms. The molecule has 0 radical (unpaired) electrons. The van der Waals surface area contributed by atoms with E-state index in [1.165, 1.54) is 30.5 Å². The van der Waals surface area contributed by atoms with Crippen molar-refractivity contribution in [1.29, 1.82) is 0 Å². The van der Waals surface area contributed by atoms with E-state index in [1.54, 1.807) is 24.4 Å². The zero-order chi connectivity index (χ0) is 22.7. The number of fused-ring (bicyclic) bond motifs is 1. The van der Waals surface area contributed by atoms with Gasteiger partial charge in [-0.2, -0.15) is 0 Å².